The fourth-order valence-corrected chi connectivity index (χ4v) is 3.15. The molecule has 0 radical (unpaired) electrons. The molecule has 0 aromatic heterocycles. The lowest BCUT2D eigenvalue weighted by atomic mass is 9.78. The summed E-state index contributed by atoms with van der Waals surface area (Å²) >= 11 is 0. The second-order valence-electron chi connectivity index (χ2n) is 6.57. The van der Waals surface area contributed by atoms with Crippen LogP contribution in [0.3, 0.4) is 0 Å². The van der Waals surface area contributed by atoms with Crippen LogP contribution in [0.15, 0.2) is 24.1 Å². The van der Waals surface area contributed by atoms with Gasteiger partial charge in [0.15, 0.2) is 0 Å². The Hall–Kier alpha value is -1.33. The highest BCUT2D eigenvalue weighted by Gasteiger charge is 2.78. The number of halogens is 11. The van der Waals surface area contributed by atoms with Gasteiger partial charge in [-0.1, -0.05) is 31.4 Å². The smallest absolute Gasteiger partial charge is 0.373 e. The summed E-state index contributed by atoms with van der Waals surface area (Å²) in [7, 11) is 0. The molecule has 0 amide bonds. The van der Waals surface area contributed by atoms with Crippen LogP contribution in [0.4, 0.5) is 48.3 Å². The Morgan fingerprint density at radius 2 is 1.32 bits per heavy atom. The SMILES string of the molecule is OC(C(C/C=C/C1CCCCC1)C(F)(F)C(F)=C(F)F)(C(F)(F)F)C(F)(F)F. The third-order valence-electron chi connectivity index (χ3n) is 4.69. The summed E-state index contributed by atoms with van der Waals surface area (Å²) in [6.07, 6.45) is -14.2. The lowest BCUT2D eigenvalue weighted by Crippen LogP contribution is -2.65. The lowest BCUT2D eigenvalue weighted by molar-refractivity contribution is -0.399. The van der Waals surface area contributed by atoms with Crippen LogP contribution in [0.2, 0.25) is 0 Å². The summed E-state index contributed by atoms with van der Waals surface area (Å²) in [6.45, 7) is 0. The van der Waals surface area contributed by atoms with Crippen molar-refractivity contribution in [3.8, 4) is 0 Å². The molecule has 1 saturated carbocycles. The predicted octanol–water partition coefficient (Wildman–Crippen LogP) is 6.70. The van der Waals surface area contributed by atoms with E-state index in [0.29, 0.717) is 31.8 Å². The molecule has 1 N–H and O–H groups in total. The first-order chi connectivity index (χ1) is 12.6. The Bertz CT molecular complexity index is 564. The highest BCUT2D eigenvalue weighted by molar-refractivity contribution is 5.16. The average molecular weight is 434 g/mol. The number of alkyl halides is 8. The summed E-state index contributed by atoms with van der Waals surface area (Å²) in [5.41, 5.74) is -6.12. The fourth-order valence-electron chi connectivity index (χ4n) is 3.15. The molecule has 0 heterocycles. The van der Waals surface area contributed by atoms with Crippen LogP contribution in [-0.4, -0.2) is 29.0 Å². The van der Waals surface area contributed by atoms with Gasteiger partial charge in [0.25, 0.3) is 5.60 Å². The van der Waals surface area contributed by atoms with E-state index in [-0.39, 0.29) is 5.92 Å². The van der Waals surface area contributed by atoms with E-state index in [1.165, 1.54) is 0 Å². The Morgan fingerprint density at radius 3 is 1.71 bits per heavy atom. The maximum atomic E-state index is 13.9. The molecule has 1 aliphatic rings. The largest absolute Gasteiger partial charge is 0.426 e. The van der Waals surface area contributed by atoms with Gasteiger partial charge in [0, 0.05) is 0 Å². The molecule has 1 nitrogen and oxygen atoms in total. The zero-order valence-corrected chi connectivity index (χ0v) is 14.2. The van der Waals surface area contributed by atoms with Gasteiger partial charge in [-0.05, 0) is 25.2 Å². The minimum absolute atomic E-state index is 0.314. The second-order valence-corrected chi connectivity index (χ2v) is 6.57. The third kappa shape index (κ3) is 4.98. The van der Waals surface area contributed by atoms with Crippen molar-refractivity contribution in [1.82, 2.24) is 0 Å². The van der Waals surface area contributed by atoms with Gasteiger partial charge < -0.3 is 5.11 Å². The second kappa shape index (κ2) is 8.58. The van der Waals surface area contributed by atoms with Crippen LogP contribution in [0.5, 0.6) is 0 Å². The van der Waals surface area contributed by atoms with Crippen molar-refractivity contribution in [2.24, 2.45) is 11.8 Å². The molecular formula is C16H17F11O. The van der Waals surface area contributed by atoms with Crippen LogP contribution < -0.4 is 0 Å². The van der Waals surface area contributed by atoms with Crippen molar-refractivity contribution in [3.63, 3.8) is 0 Å². The monoisotopic (exact) mass is 434 g/mol. The van der Waals surface area contributed by atoms with Gasteiger partial charge in [-0.15, -0.1) is 0 Å². The Labute approximate surface area is 152 Å². The Morgan fingerprint density at radius 1 is 0.857 bits per heavy atom. The van der Waals surface area contributed by atoms with Crippen LogP contribution >= 0.6 is 0 Å². The van der Waals surface area contributed by atoms with Gasteiger partial charge in [0.1, 0.15) is 0 Å². The quantitative estimate of drug-likeness (QED) is 0.365. The van der Waals surface area contributed by atoms with Crippen molar-refractivity contribution in [2.45, 2.75) is 62.4 Å². The highest BCUT2D eigenvalue weighted by Crippen LogP contribution is 2.55. The summed E-state index contributed by atoms with van der Waals surface area (Å²) in [5, 5.41) is 9.25. The maximum absolute atomic E-state index is 13.9. The van der Waals surface area contributed by atoms with Crippen molar-refractivity contribution < 1.29 is 53.4 Å². The summed E-state index contributed by atoms with van der Waals surface area (Å²) in [5.74, 6) is -14.3. The van der Waals surface area contributed by atoms with Crippen molar-refractivity contribution >= 4 is 0 Å². The number of allylic oxidation sites excluding steroid dienone is 3. The topological polar surface area (TPSA) is 20.2 Å². The Balaban J connectivity index is 3.41. The highest BCUT2D eigenvalue weighted by atomic mass is 19.4. The van der Waals surface area contributed by atoms with Gasteiger partial charge in [-0.2, -0.15) is 48.3 Å². The first-order valence-electron chi connectivity index (χ1n) is 8.18. The molecule has 1 unspecified atom stereocenters. The number of hydrogen-bond donors (Lipinski definition) is 1. The van der Waals surface area contributed by atoms with E-state index in [2.05, 4.69) is 0 Å². The van der Waals surface area contributed by atoms with Crippen LogP contribution in [0.25, 0.3) is 0 Å². The zero-order chi connectivity index (χ0) is 22.0. The van der Waals surface area contributed by atoms with Crippen LogP contribution in [-0.2, 0) is 0 Å². The summed E-state index contributed by atoms with van der Waals surface area (Å²) < 4.78 is 143. The number of aliphatic hydroxyl groups is 1. The van der Waals surface area contributed by atoms with Gasteiger partial charge in [0.05, 0.1) is 5.92 Å². The first kappa shape index (κ1) is 24.7. The van der Waals surface area contributed by atoms with Crippen molar-refractivity contribution in [2.75, 3.05) is 0 Å². The summed E-state index contributed by atoms with van der Waals surface area (Å²) in [4.78, 5) is 0. The van der Waals surface area contributed by atoms with E-state index in [9.17, 15) is 53.4 Å². The third-order valence-corrected chi connectivity index (χ3v) is 4.69. The molecule has 1 fully saturated rings. The molecule has 1 atom stereocenters. The number of hydrogen-bond acceptors (Lipinski definition) is 1. The molecule has 28 heavy (non-hydrogen) atoms. The van der Waals surface area contributed by atoms with Gasteiger partial charge in [-0.25, -0.2) is 0 Å². The van der Waals surface area contributed by atoms with E-state index < -0.39 is 48.1 Å². The standard InChI is InChI=1S/C16H17F11O/c17-11(12(18)19)13(20,21)10(8-4-7-9-5-2-1-3-6-9)14(28,15(22,23)24)16(25,26)27/h4,7,9-10,28H,1-3,5-6,8H2/b7-4+. The molecule has 0 aromatic rings. The minimum Gasteiger partial charge on any atom is -0.373 e. The van der Waals surface area contributed by atoms with E-state index in [4.69, 9.17) is 0 Å². The van der Waals surface area contributed by atoms with Crippen molar-refractivity contribution in [3.05, 3.63) is 24.1 Å². The van der Waals surface area contributed by atoms with E-state index in [1.807, 2.05) is 0 Å². The molecule has 12 heteroatoms. The van der Waals surface area contributed by atoms with Crippen molar-refractivity contribution in [1.29, 1.82) is 0 Å². The fraction of sp³-hybridized carbons (Fsp3) is 0.750. The maximum Gasteiger partial charge on any atom is 0.426 e. The first-order valence-corrected chi connectivity index (χ1v) is 8.18. The molecule has 0 bridgehead atoms. The van der Waals surface area contributed by atoms with Crippen LogP contribution in [0, 0.1) is 11.8 Å². The normalized spacial score (nSPS) is 19.1. The van der Waals surface area contributed by atoms with E-state index >= 15 is 0 Å². The molecule has 0 aromatic carbocycles. The lowest BCUT2D eigenvalue weighted by Gasteiger charge is -2.41. The molecule has 0 aliphatic heterocycles. The summed E-state index contributed by atoms with van der Waals surface area (Å²) in [6, 6.07) is 0. The van der Waals surface area contributed by atoms with E-state index in [0.717, 1.165) is 12.5 Å². The van der Waals surface area contributed by atoms with Crippen LogP contribution in [0.1, 0.15) is 38.5 Å². The Kier molecular flexibility index (Phi) is 7.57. The molecule has 164 valence electrons. The minimum atomic E-state index is -6.73. The van der Waals surface area contributed by atoms with Gasteiger partial charge in [0.2, 0.25) is 5.83 Å². The molecule has 0 spiro atoms. The zero-order valence-electron chi connectivity index (χ0n) is 14.2. The molecule has 1 rings (SSSR count). The molecule has 1 aliphatic carbocycles. The molecular weight excluding hydrogens is 417 g/mol. The van der Waals surface area contributed by atoms with Gasteiger partial charge in [-0.3, -0.25) is 0 Å². The van der Waals surface area contributed by atoms with E-state index in [1.54, 1.807) is 0 Å². The molecule has 0 saturated heterocycles. The average Bonchev–Trinajstić information content (AvgIpc) is 2.56. The number of rotatable bonds is 6. The van der Waals surface area contributed by atoms with Gasteiger partial charge >= 0.3 is 24.4 Å². The predicted molar refractivity (Wildman–Crippen MR) is 76.2 cm³/mol.